The minimum absolute atomic E-state index is 0.199. The second kappa shape index (κ2) is 12.4. The number of nitrogens with zero attached hydrogens (tertiary/aromatic N) is 4. The van der Waals surface area contributed by atoms with Crippen LogP contribution in [0.3, 0.4) is 0 Å². The van der Waals surface area contributed by atoms with E-state index in [0.29, 0.717) is 29.4 Å². The number of ether oxygens (including phenoxy) is 2. The second-order valence-electron chi connectivity index (χ2n) is 10.1. The number of fused-ring (bicyclic) bond motifs is 1. The summed E-state index contributed by atoms with van der Waals surface area (Å²) in [5.41, 5.74) is -1.59. The van der Waals surface area contributed by atoms with Gasteiger partial charge in [0.05, 0.1) is 19.0 Å². The third-order valence-corrected chi connectivity index (χ3v) is 7.93. The molecule has 224 valence electrons. The molecule has 1 aliphatic rings. The molecule has 1 aliphatic heterocycles. The highest BCUT2D eigenvalue weighted by molar-refractivity contribution is 7.52. The summed E-state index contributed by atoms with van der Waals surface area (Å²) in [5.74, 6) is 0.452. The van der Waals surface area contributed by atoms with Gasteiger partial charge in [0.25, 0.3) is 0 Å². The molecule has 3 N–H and O–H groups in total. The molecule has 0 aliphatic carbocycles. The van der Waals surface area contributed by atoms with Crippen molar-refractivity contribution in [1.29, 1.82) is 0 Å². The standard InChI is InChI=1S/C26H36FN6O7P/c1-7-28-22-20-23(31-17(5)30-22)33(14-29-20)25-26(6,27)21(34)19(39-25)13-37-41(36,40-18-11-9-8-10-12-18)32-16(4)24(35)38-15(2)3/h8-12,14-16,19,21,25,34H,7,13H2,1-6H3,(H,32,36)(H,28,30,31)/t16-,19+,21+,25+,26+,41+/m0/s1. The fraction of sp³-hybridized carbons (Fsp3) is 0.538. The van der Waals surface area contributed by atoms with Crippen LogP contribution in [0, 0.1) is 6.92 Å². The first-order valence-corrected chi connectivity index (χ1v) is 14.8. The van der Waals surface area contributed by atoms with Gasteiger partial charge in [-0.2, -0.15) is 5.09 Å². The Morgan fingerprint density at radius 1 is 1.27 bits per heavy atom. The third-order valence-electron chi connectivity index (χ3n) is 6.28. The van der Waals surface area contributed by atoms with Gasteiger partial charge in [-0.05, 0) is 53.7 Å². The maximum Gasteiger partial charge on any atom is 0.459 e. The average molecular weight is 595 g/mol. The number of hydrogen-bond acceptors (Lipinski definition) is 11. The van der Waals surface area contributed by atoms with E-state index in [1.54, 1.807) is 51.1 Å². The molecule has 3 heterocycles. The summed E-state index contributed by atoms with van der Waals surface area (Å²) in [5, 5.41) is 16.6. The molecule has 6 atom stereocenters. The Morgan fingerprint density at radius 2 is 1.98 bits per heavy atom. The first-order valence-electron chi connectivity index (χ1n) is 13.3. The van der Waals surface area contributed by atoms with Gasteiger partial charge in [0.2, 0.25) is 0 Å². The molecule has 13 nitrogen and oxygen atoms in total. The summed E-state index contributed by atoms with van der Waals surface area (Å²) in [6, 6.07) is 7.11. The predicted molar refractivity (Wildman–Crippen MR) is 148 cm³/mol. The minimum Gasteiger partial charge on any atom is -0.462 e. The van der Waals surface area contributed by atoms with Gasteiger partial charge in [-0.15, -0.1) is 0 Å². The quantitative estimate of drug-likeness (QED) is 0.207. The van der Waals surface area contributed by atoms with Gasteiger partial charge in [0, 0.05) is 6.54 Å². The van der Waals surface area contributed by atoms with E-state index in [1.807, 2.05) is 6.92 Å². The smallest absolute Gasteiger partial charge is 0.459 e. The molecule has 2 aromatic heterocycles. The molecule has 0 radical (unpaired) electrons. The second-order valence-corrected chi connectivity index (χ2v) is 11.8. The van der Waals surface area contributed by atoms with E-state index in [9.17, 15) is 14.5 Å². The zero-order chi connectivity index (χ0) is 29.9. The lowest BCUT2D eigenvalue weighted by molar-refractivity contribution is -0.149. The van der Waals surface area contributed by atoms with Crippen molar-refractivity contribution in [3.05, 3.63) is 42.5 Å². The van der Waals surface area contributed by atoms with Crippen LogP contribution in [-0.2, 0) is 23.4 Å². The monoisotopic (exact) mass is 594 g/mol. The van der Waals surface area contributed by atoms with E-state index in [4.69, 9.17) is 18.5 Å². The van der Waals surface area contributed by atoms with Crippen molar-refractivity contribution >= 4 is 30.7 Å². The number of aromatic nitrogens is 4. The van der Waals surface area contributed by atoms with Gasteiger partial charge >= 0.3 is 13.7 Å². The Kier molecular flexibility index (Phi) is 9.29. The van der Waals surface area contributed by atoms with E-state index >= 15 is 4.39 Å². The topological polar surface area (TPSA) is 159 Å². The van der Waals surface area contributed by atoms with Crippen molar-refractivity contribution in [1.82, 2.24) is 24.6 Å². The van der Waals surface area contributed by atoms with Gasteiger partial charge in [-0.25, -0.2) is 23.9 Å². The summed E-state index contributed by atoms with van der Waals surface area (Å²) >= 11 is 0. The van der Waals surface area contributed by atoms with E-state index in [-0.39, 0.29) is 5.75 Å². The van der Waals surface area contributed by atoms with Gasteiger partial charge in [0.1, 0.15) is 29.8 Å². The number of carbonyl (C=O) groups is 1. The van der Waals surface area contributed by atoms with Crippen molar-refractivity contribution in [2.75, 3.05) is 18.5 Å². The number of aliphatic hydroxyl groups excluding tert-OH is 1. The number of alkyl halides is 1. The molecule has 3 aromatic rings. The Labute approximate surface area is 237 Å². The highest BCUT2D eigenvalue weighted by atomic mass is 31.2. The van der Waals surface area contributed by atoms with Crippen molar-refractivity contribution in [2.45, 2.75) is 77.8 Å². The molecule has 1 saturated heterocycles. The molecule has 0 saturated carbocycles. The number of para-hydroxylation sites is 1. The Bertz CT molecular complexity index is 1410. The molecule has 41 heavy (non-hydrogen) atoms. The number of halogens is 1. The third kappa shape index (κ3) is 6.84. The summed E-state index contributed by atoms with van der Waals surface area (Å²) in [6.07, 6.45) is -3.33. The largest absolute Gasteiger partial charge is 0.462 e. The van der Waals surface area contributed by atoms with Crippen molar-refractivity contribution in [2.24, 2.45) is 0 Å². The molecular formula is C26H36FN6O7P. The van der Waals surface area contributed by atoms with Crippen LogP contribution in [-0.4, -0.2) is 73.8 Å². The molecule has 0 bridgehead atoms. The minimum atomic E-state index is -4.27. The SMILES string of the molecule is CCNc1nc(C)nc2c1ncn2[C@@H]1O[C@H](CO[P@](=O)(N[C@@H](C)C(=O)OC(C)C)Oc2ccccc2)[C@@H](O)[C@@]1(C)F. The first kappa shape index (κ1) is 30.8. The van der Waals surface area contributed by atoms with Crippen LogP contribution in [0.4, 0.5) is 10.2 Å². The predicted octanol–water partition coefficient (Wildman–Crippen LogP) is 3.69. The molecule has 4 rings (SSSR count). The number of esters is 1. The number of benzene rings is 1. The average Bonchev–Trinajstić information content (AvgIpc) is 3.41. The van der Waals surface area contributed by atoms with Crippen LogP contribution >= 0.6 is 7.75 Å². The van der Waals surface area contributed by atoms with Gasteiger partial charge in [-0.3, -0.25) is 13.9 Å². The first-order chi connectivity index (χ1) is 19.3. The summed E-state index contributed by atoms with van der Waals surface area (Å²) in [4.78, 5) is 25.5. The van der Waals surface area contributed by atoms with Gasteiger partial charge in [0.15, 0.2) is 28.9 Å². The van der Waals surface area contributed by atoms with Crippen LogP contribution in [0.2, 0.25) is 0 Å². The zero-order valence-corrected chi connectivity index (χ0v) is 24.7. The number of hydrogen-bond donors (Lipinski definition) is 3. The number of rotatable bonds is 12. The lowest BCUT2D eigenvalue weighted by Crippen LogP contribution is -2.41. The number of aliphatic hydroxyl groups is 1. The number of imidazole rings is 1. The maximum atomic E-state index is 16.0. The van der Waals surface area contributed by atoms with E-state index in [1.165, 1.54) is 24.7 Å². The summed E-state index contributed by atoms with van der Waals surface area (Å²) in [7, 11) is -4.27. The molecule has 0 amide bonds. The molecule has 0 spiro atoms. The molecule has 15 heteroatoms. The fourth-order valence-corrected chi connectivity index (χ4v) is 5.85. The van der Waals surface area contributed by atoms with Crippen molar-refractivity contribution in [3.8, 4) is 5.75 Å². The lowest BCUT2D eigenvalue weighted by atomic mass is 9.98. The number of anilines is 1. The van der Waals surface area contributed by atoms with E-state index in [0.717, 1.165) is 0 Å². The van der Waals surface area contributed by atoms with Crippen molar-refractivity contribution < 1.29 is 37.4 Å². The lowest BCUT2D eigenvalue weighted by Gasteiger charge is -2.25. The molecule has 1 fully saturated rings. The molecule has 0 unspecified atom stereocenters. The van der Waals surface area contributed by atoms with Crippen LogP contribution in [0.15, 0.2) is 36.7 Å². The van der Waals surface area contributed by atoms with Gasteiger partial charge in [-0.1, -0.05) is 18.2 Å². The highest BCUT2D eigenvalue weighted by Gasteiger charge is 2.56. The van der Waals surface area contributed by atoms with E-state index < -0.39 is 56.6 Å². The maximum absolute atomic E-state index is 16.0. The fourth-order valence-electron chi connectivity index (χ4n) is 4.34. The van der Waals surface area contributed by atoms with E-state index in [2.05, 4.69) is 25.4 Å². The van der Waals surface area contributed by atoms with Crippen LogP contribution < -0.4 is 14.9 Å². The summed E-state index contributed by atoms with van der Waals surface area (Å²) < 4.78 is 53.6. The molecule has 1 aromatic carbocycles. The number of carbonyl (C=O) groups excluding carboxylic acids is 1. The Morgan fingerprint density at radius 3 is 2.63 bits per heavy atom. The number of nitrogens with one attached hydrogen (secondary N) is 2. The van der Waals surface area contributed by atoms with Crippen molar-refractivity contribution in [3.63, 3.8) is 0 Å². The van der Waals surface area contributed by atoms with Crippen LogP contribution in [0.5, 0.6) is 5.75 Å². The Balaban J connectivity index is 1.56. The Hall–Kier alpha value is -3.16. The zero-order valence-electron chi connectivity index (χ0n) is 23.8. The summed E-state index contributed by atoms with van der Waals surface area (Å²) in [6.45, 7) is 9.65. The van der Waals surface area contributed by atoms with Crippen LogP contribution in [0.1, 0.15) is 46.7 Å². The normalized spacial score (nSPS) is 24.8. The molecular weight excluding hydrogens is 558 g/mol. The number of aryl methyl sites for hydroxylation is 1. The van der Waals surface area contributed by atoms with Gasteiger partial charge < -0.3 is 24.4 Å². The van der Waals surface area contributed by atoms with Crippen LogP contribution in [0.25, 0.3) is 11.2 Å². The highest BCUT2D eigenvalue weighted by Crippen LogP contribution is 2.48.